The van der Waals surface area contributed by atoms with Gasteiger partial charge in [-0.2, -0.15) is 0 Å². The maximum Gasteiger partial charge on any atom is 0.252 e. The lowest BCUT2D eigenvalue weighted by Gasteiger charge is -2.08. The second-order valence-corrected chi connectivity index (χ2v) is 6.45. The predicted octanol–water partition coefficient (Wildman–Crippen LogP) is 6.61. The average molecular weight is 363 g/mol. The van der Waals surface area contributed by atoms with E-state index in [-0.39, 0.29) is 5.56 Å². The molecule has 25 heavy (non-hydrogen) atoms. The Labute approximate surface area is 154 Å². The first-order valence-corrected chi connectivity index (χ1v) is 9.22. The molecule has 2 rings (SSSR count). The first-order valence-electron chi connectivity index (χ1n) is 8.84. The smallest absolute Gasteiger partial charge is 0.252 e. The van der Waals surface area contributed by atoms with Gasteiger partial charge in [-0.15, -0.1) is 0 Å². The third-order valence-electron chi connectivity index (χ3n) is 4.13. The highest BCUT2D eigenvalue weighted by atomic mass is 35.5. The summed E-state index contributed by atoms with van der Waals surface area (Å²) >= 11 is 5.37. The zero-order chi connectivity index (χ0) is 18.1. The zero-order valence-electron chi connectivity index (χ0n) is 14.6. The first kappa shape index (κ1) is 19.5. The maximum atomic E-state index is 14.1. The van der Waals surface area contributed by atoms with Crippen LogP contribution < -0.4 is 4.74 Å². The molecule has 0 unspecified atom stereocenters. The van der Waals surface area contributed by atoms with Crippen LogP contribution in [-0.4, -0.2) is 11.8 Å². The number of ether oxygens (including phenoxy) is 1. The van der Waals surface area contributed by atoms with Crippen LogP contribution in [0.3, 0.4) is 0 Å². The molecule has 2 aromatic rings. The van der Waals surface area contributed by atoms with E-state index in [1.54, 1.807) is 6.07 Å². The van der Waals surface area contributed by atoms with Gasteiger partial charge in [0.15, 0.2) is 0 Å². The van der Waals surface area contributed by atoms with Gasteiger partial charge in [0.1, 0.15) is 11.6 Å². The van der Waals surface area contributed by atoms with Gasteiger partial charge in [-0.05, 0) is 47.9 Å². The number of unbranched alkanes of at least 4 members (excludes halogenated alkanes) is 5. The number of hydrogen-bond donors (Lipinski definition) is 0. The molecular weight excluding hydrogens is 339 g/mol. The molecule has 0 fully saturated rings. The van der Waals surface area contributed by atoms with Crippen molar-refractivity contribution < 1.29 is 13.9 Å². The molecule has 0 N–H and O–H groups in total. The lowest BCUT2D eigenvalue weighted by atomic mass is 10.0. The Bertz CT molecular complexity index is 683. The van der Waals surface area contributed by atoms with Crippen LogP contribution in [0.15, 0.2) is 42.5 Å². The topological polar surface area (TPSA) is 26.3 Å². The van der Waals surface area contributed by atoms with Crippen LogP contribution in [0, 0.1) is 5.82 Å². The molecule has 0 saturated carbocycles. The molecule has 2 aromatic carbocycles. The minimum atomic E-state index is -0.663. The van der Waals surface area contributed by atoms with E-state index in [4.69, 9.17) is 16.3 Å². The maximum absolute atomic E-state index is 14.1. The molecule has 4 heteroatoms. The number of halogens is 2. The molecule has 2 nitrogen and oxygen atoms in total. The Kier molecular flexibility index (Phi) is 7.93. The van der Waals surface area contributed by atoms with Gasteiger partial charge >= 0.3 is 0 Å². The van der Waals surface area contributed by atoms with Gasteiger partial charge in [-0.25, -0.2) is 4.39 Å². The Hall–Kier alpha value is -1.87. The Morgan fingerprint density at radius 3 is 2.32 bits per heavy atom. The summed E-state index contributed by atoms with van der Waals surface area (Å²) in [7, 11) is 0. The third-order valence-corrected chi connectivity index (χ3v) is 4.35. The molecule has 0 bridgehead atoms. The van der Waals surface area contributed by atoms with Crippen molar-refractivity contribution in [1.82, 2.24) is 0 Å². The van der Waals surface area contributed by atoms with Gasteiger partial charge in [0.05, 0.1) is 6.61 Å². The van der Waals surface area contributed by atoms with Crippen molar-refractivity contribution in [2.75, 3.05) is 6.61 Å². The van der Waals surface area contributed by atoms with Gasteiger partial charge in [0.2, 0.25) is 0 Å². The van der Waals surface area contributed by atoms with Gasteiger partial charge in [0, 0.05) is 11.1 Å². The van der Waals surface area contributed by atoms with Gasteiger partial charge < -0.3 is 4.74 Å². The van der Waals surface area contributed by atoms with Gasteiger partial charge in [0.25, 0.3) is 5.24 Å². The van der Waals surface area contributed by atoms with Crippen molar-refractivity contribution in [2.45, 2.75) is 45.4 Å². The molecule has 0 atom stereocenters. The largest absolute Gasteiger partial charge is 0.494 e. The Morgan fingerprint density at radius 1 is 1.00 bits per heavy atom. The number of benzene rings is 2. The quantitative estimate of drug-likeness (QED) is 0.351. The van der Waals surface area contributed by atoms with Crippen molar-refractivity contribution in [2.24, 2.45) is 0 Å². The summed E-state index contributed by atoms with van der Waals surface area (Å²) < 4.78 is 19.9. The van der Waals surface area contributed by atoms with Gasteiger partial charge in [-0.3, -0.25) is 4.79 Å². The Balaban J connectivity index is 1.86. The lowest BCUT2D eigenvalue weighted by molar-refractivity contribution is 0.108. The van der Waals surface area contributed by atoms with Crippen LogP contribution >= 0.6 is 11.6 Å². The van der Waals surface area contributed by atoms with E-state index in [1.807, 2.05) is 24.3 Å². The SMILES string of the molecule is CCCCCCCCOc1ccc(-c2ccc(C(=O)Cl)cc2F)cc1. The molecule has 0 aliphatic carbocycles. The Morgan fingerprint density at radius 2 is 1.68 bits per heavy atom. The summed E-state index contributed by atoms with van der Waals surface area (Å²) in [6, 6.07) is 11.6. The van der Waals surface area contributed by atoms with Crippen LogP contribution in [0.4, 0.5) is 4.39 Å². The molecule has 0 heterocycles. The highest BCUT2D eigenvalue weighted by Gasteiger charge is 2.09. The molecule has 0 aromatic heterocycles. The highest BCUT2D eigenvalue weighted by Crippen LogP contribution is 2.26. The summed E-state index contributed by atoms with van der Waals surface area (Å²) in [6.07, 6.45) is 7.36. The molecule has 0 saturated heterocycles. The van der Waals surface area contributed by atoms with Crippen molar-refractivity contribution in [3.05, 3.63) is 53.8 Å². The fourth-order valence-electron chi connectivity index (χ4n) is 2.67. The minimum absolute atomic E-state index is 0.154. The number of rotatable bonds is 10. The van der Waals surface area contributed by atoms with Crippen LogP contribution in [0.5, 0.6) is 5.75 Å². The number of carbonyl (C=O) groups excluding carboxylic acids is 1. The van der Waals surface area contributed by atoms with E-state index in [2.05, 4.69) is 6.92 Å². The van der Waals surface area contributed by atoms with Crippen molar-refractivity contribution >= 4 is 16.8 Å². The van der Waals surface area contributed by atoms with Crippen LogP contribution in [0.2, 0.25) is 0 Å². The number of carbonyl (C=O) groups is 1. The monoisotopic (exact) mass is 362 g/mol. The third kappa shape index (κ3) is 6.17. The van der Waals surface area contributed by atoms with E-state index in [0.29, 0.717) is 12.2 Å². The predicted molar refractivity (Wildman–Crippen MR) is 101 cm³/mol. The highest BCUT2D eigenvalue weighted by molar-refractivity contribution is 6.67. The molecular formula is C21H24ClFO2. The second kappa shape index (κ2) is 10.2. The summed E-state index contributed by atoms with van der Waals surface area (Å²) in [4.78, 5) is 11.1. The van der Waals surface area contributed by atoms with E-state index in [1.165, 1.54) is 38.2 Å². The molecule has 134 valence electrons. The van der Waals surface area contributed by atoms with Crippen LogP contribution in [-0.2, 0) is 0 Å². The van der Waals surface area contributed by atoms with E-state index >= 15 is 0 Å². The molecule has 0 radical (unpaired) electrons. The van der Waals surface area contributed by atoms with Crippen molar-refractivity contribution in [3.63, 3.8) is 0 Å². The summed E-state index contributed by atoms with van der Waals surface area (Å²) in [5.74, 6) is 0.317. The molecule has 0 aliphatic rings. The summed E-state index contributed by atoms with van der Waals surface area (Å²) in [6.45, 7) is 2.91. The lowest BCUT2D eigenvalue weighted by Crippen LogP contribution is -1.97. The average Bonchev–Trinajstić information content (AvgIpc) is 2.61. The van der Waals surface area contributed by atoms with E-state index in [0.717, 1.165) is 23.8 Å². The first-order chi connectivity index (χ1) is 12.1. The van der Waals surface area contributed by atoms with E-state index in [9.17, 15) is 9.18 Å². The summed E-state index contributed by atoms with van der Waals surface area (Å²) in [5.41, 5.74) is 1.32. The standard InChI is InChI=1S/C21H24ClFO2/c1-2-3-4-5-6-7-14-25-18-11-8-16(9-12-18)19-13-10-17(21(22)24)15-20(19)23/h8-13,15H,2-7,14H2,1H3. The van der Waals surface area contributed by atoms with E-state index < -0.39 is 11.1 Å². The second-order valence-electron chi connectivity index (χ2n) is 6.11. The normalized spacial score (nSPS) is 10.7. The minimum Gasteiger partial charge on any atom is -0.494 e. The molecule has 0 amide bonds. The van der Waals surface area contributed by atoms with Gasteiger partial charge in [-0.1, -0.05) is 57.2 Å². The number of hydrogen-bond acceptors (Lipinski definition) is 2. The van der Waals surface area contributed by atoms with Crippen molar-refractivity contribution in [1.29, 1.82) is 0 Å². The van der Waals surface area contributed by atoms with Crippen molar-refractivity contribution in [3.8, 4) is 16.9 Å². The zero-order valence-corrected chi connectivity index (χ0v) is 15.3. The fraction of sp³-hybridized carbons (Fsp3) is 0.381. The fourth-order valence-corrected chi connectivity index (χ4v) is 2.79. The van der Waals surface area contributed by atoms with Crippen LogP contribution in [0.1, 0.15) is 55.8 Å². The molecule has 0 aliphatic heterocycles. The molecule has 0 spiro atoms. The summed E-state index contributed by atoms with van der Waals surface area (Å²) in [5, 5.41) is -0.663. The van der Waals surface area contributed by atoms with Crippen LogP contribution in [0.25, 0.3) is 11.1 Å².